The monoisotopic (exact) mass is 264 g/mol. The van der Waals surface area contributed by atoms with Crippen molar-refractivity contribution in [1.29, 1.82) is 0 Å². The predicted octanol–water partition coefficient (Wildman–Crippen LogP) is 3.01. The summed E-state index contributed by atoms with van der Waals surface area (Å²) in [6, 6.07) is 0. The van der Waals surface area contributed by atoms with Crippen LogP contribution in [0.15, 0.2) is 11.6 Å². The van der Waals surface area contributed by atoms with Crippen molar-refractivity contribution in [3.63, 3.8) is 0 Å². The second-order valence-corrected chi connectivity index (χ2v) is 5.20. The van der Waals surface area contributed by atoms with E-state index in [0.29, 0.717) is 0 Å². The molecule has 0 aromatic heterocycles. The molecule has 0 amide bonds. The van der Waals surface area contributed by atoms with E-state index < -0.39 is 14.2 Å². The first-order valence-corrected chi connectivity index (χ1v) is 7.14. The standard InChI is InChI=1S/C11H21O5P/c1-4-5-6-10(2)9-16-11(12)15-7-8-17(13)14-3/h6,17H,4-5,7-9H2,1-3H3/b10-6+. The van der Waals surface area contributed by atoms with Gasteiger partial charge in [-0.1, -0.05) is 19.4 Å². The lowest BCUT2D eigenvalue weighted by atomic mass is 10.2. The molecule has 0 saturated carbocycles. The second kappa shape index (κ2) is 10.4. The van der Waals surface area contributed by atoms with Crippen LogP contribution in [-0.2, 0) is 18.6 Å². The zero-order valence-electron chi connectivity index (χ0n) is 10.7. The highest BCUT2D eigenvalue weighted by Gasteiger charge is 2.05. The van der Waals surface area contributed by atoms with Crippen molar-refractivity contribution in [3.8, 4) is 0 Å². The lowest BCUT2D eigenvalue weighted by molar-refractivity contribution is 0.0658. The molecule has 0 radical (unpaired) electrons. The van der Waals surface area contributed by atoms with Gasteiger partial charge in [-0.25, -0.2) is 4.79 Å². The van der Waals surface area contributed by atoms with Crippen LogP contribution in [0.5, 0.6) is 0 Å². The Morgan fingerprint density at radius 2 is 2.06 bits per heavy atom. The summed E-state index contributed by atoms with van der Waals surface area (Å²) in [6.07, 6.45) is 3.55. The lowest BCUT2D eigenvalue weighted by Gasteiger charge is -2.06. The van der Waals surface area contributed by atoms with Crippen molar-refractivity contribution >= 4 is 14.2 Å². The van der Waals surface area contributed by atoms with E-state index in [0.717, 1.165) is 18.4 Å². The van der Waals surface area contributed by atoms with Gasteiger partial charge >= 0.3 is 6.16 Å². The number of hydrogen-bond donors (Lipinski definition) is 0. The predicted molar refractivity (Wildman–Crippen MR) is 66.8 cm³/mol. The number of allylic oxidation sites excluding steroid dienone is 1. The van der Waals surface area contributed by atoms with Gasteiger partial charge in [-0.05, 0) is 18.9 Å². The van der Waals surface area contributed by atoms with Gasteiger partial charge in [0.05, 0.1) is 6.16 Å². The molecule has 0 rings (SSSR count). The van der Waals surface area contributed by atoms with Crippen molar-refractivity contribution in [2.24, 2.45) is 0 Å². The van der Waals surface area contributed by atoms with Gasteiger partial charge in [0.25, 0.3) is 0 Å². The molecule has 1 atom stereocenters. The Morgan fingerprint density at radius 1 is 1.35 bits per heavy atom. The molecule has 0 aromatic carbocycles. The number of rotatable bonds is 8. The fourth-order valence-electron chi connectivity index (χ4n) is 0.984. The third-order valence-corrected chi connectivity index (χ3v) is 3.02. The largest absolute Gasteiger partial charge is 0.508 e. The van der Waals surface area contributed by atoms with Crippen molar-refractivity contribution < 1.29 is 23.4 Å². The summed E-state index contributed by atoms with van der Waals surface area (Å²) in [6.45, 7) is 4.27. The van der Waals surface area contributed by atoms with Crippen molar-refractivity contribution in [2.75, 3.05) is 26.5 Å². The first kappa shape index (κ1) is 16.2. The van der Waals surface area contributed by atoms with E-state index in [4.69, 9.17) is 9.47 Å². The molecule has 0 spiro atoms. The zero-order valence-corrected chi connectivity index (χ0v) is 11.7. The Bertz CT molecular complexity index is 275. The quantitative estimate of drug-likeness (QED) is 0.383. The molecule has 0 aromatic rings. The van der Waals surface area contributed by atoms with Crippen LogP contribution in [0.1, 0.15) is 26.7 Å². The average Bonchev–Trinajstić information content (AvgIpc) is 2.33. The van der Waals surface area contributed by atoms with Crippen molar-refractivity contribution in [2.45, 2.75) is 26.7 Å². The first-order chi connectivity index (χ1) is 8.10. The van der Waals surface area contributed by atoms with E-state index in [9.17, 15) is 9.36 Å². The molecule has 17 heavy (non-hydrogen) atoms. The van der Waals surface area contributed by atoms with Crippen LogP contribution < -0.4 is 0 Å². The molecule has 100 valence electrons. The minimum Gasteiger partial charge on any atom is -0.434 e. The van der Waals surface area contributed by atoms with Gasteiger partial charge in [0.2, 0.25) is 0 Å². The molecule has 0 aliphatic rings. The van der Waals surface area contributed by atoms with Gasteiger partial charge in [-0.3, -0.25) is 4.57 Å². The highest BCUT2D eigenvalue weighted by molar-refractivity contribution is 7.39. The van der Waals surface area contributed by atoms with Crippen LogP contribution >= 0.6 is 8.03 Å². The van der Waals surface area contributed by atoms with Crippen LogP contribution in [0.3, 0.4) is 0 Å². The topological polar surface area (TPSA) is 61.8 Å². The van der Waals surface area contributed by atoms with Crippen molar-refractivity contribution in [3.05, 3.63) is 11.6 Å². The van der Waals surface area contributed by atoms with E-state index in [-0.39, 0.29) is 19.4 Å². The molecule has 0 fully saturated rings. The average molecular weight is 264 g/mol. The maximum atomic E-state index is 11.1. The summed E-state index contributed by atoms with van der Waals surface area (Å²) in [5, 5.41) is 0. The van der Waals surface area contributed by atoms with Gasteiger partial charge < -0.3 is 14.0 Å². The van der Waals surface area contributed by atoms with Gasteiger partial charge in [-0.2, -0.15) is 0 Å². The summed E-state index contributed by atoms with van der Waals surface area (Å²) in [5.41, 5.74) is 0.995. The van der Waals surface area contributed by atoms with E-state index in [1.165, 1.54) is 7.11 Å². The molecule has 0 bridgehead atoms. The van der Waals surface area contributed by atoms with Crippen molar-refractivity contribution in [1.82, 2.24) is 0 Å². The second-order valence-electron chi connectivity index (χ2n) is 3.55. The van der Waals surface area contributed by atoms with E-state index in [2.05, 4.69) is 11.4 Å². The van der Waals surface area contributed by atoms with Gasteiger partial charge in [0.15, 0.2) is 8.03 Å². The van der Waals surface area contributed by atoms with E-state index in [1.807, 2.05) is 13.0 Å². The molecular weight excluding hydrogens is 243 g/mol. The summed E-state index contributed by atoms with van der Waals surface area (Å²) >= 11 is 0. The lowest BCUT2D eigenvalue weighted by Crippen LogP contribution is -2.11. The van der Waals surface area contributed by atoms with Crippen LogP contribution in [-0.4, -0.2) is 32.6 Å². The summed E-state index contributed by atoms with van der Waals surface area (Å²) in [7, 11) is -0.699. The van der Waals surface area contributed by atoms with Gasteiger partial charge in [0, 0.05) is 7.11 Å². The van der Waals surface area contributed by atoms with E-state index in [1.54, 1.807) is 0 Å². The number of unbranched alkanes of at least 4 members (excludes halogenated alkanes) is 1. The Kier molecular flexibility index (Phi) is 9.87. The molecule has 0 heterocycles. The Balaban J connectivity index is 3.62. The Hall–Kier alpha value is -0.800. The Labute approximate surface area is 103 Å². The molecule has 0 aliphatic heterocycles. The number of ether oxygens (including phenoxy) is 2. The fraction of sp³-hybridized carbons (Fsp3) is 0.727. The molecule has 0 aliphatic carbocycles. The smallest absolute Gasteiger partial charge is 0.434 e. The fourth-order valence-corrected chi connectivity index (χ4v) is 1.46. The minimum atomic E-state index is -2.06. The van der Waals surface area contributed by atoms with E-state index >= 15 is 0 Å². The molecule has 5 nitrogen and oxygen atoms in total. The molecular formula is C11H21O5P. The van der Waals surface area contributed by atoms with Crippen LogP contribution in [0.2, 0.25) is 0 Å². The van der Waals surface area contributed by atoms with Crippen LogP contribution in [0, 0.1) is 0 Å². The summed E-state index contributed by atoms with van der Waals surface area (Å²) in [4.78, 5) is 11.1. The van der Waals surface area contributed by atoms with Crippen LogP contribution in [0.4, 0.5) is 4.79 Å². The zero-order chi connectivity index (χ0) is 13.1. The maximum Gasteiger partial charge on any atom is 0.508 e. The van der Waals surface area contributed by atoms with Gasteiger partial charge in [-0.15, -0.1) is 0 Å². The molecule has 0 saturated heterocycles. The third-order valence-electron chi connectivity index (χ3n) is 1.95. The third kappa shape index (κ3) is 10.1. The van der Waals surface area contributed by atoms with Gasteiger partial charge in [0.1, 0.15) is 13.2 Å². The number of hydrogen-bond acceptors (Lipinski definition) is 5. The summed E-state index contributed by atoms with van der Waals surface area (Å²) in [5.74, 6) is 0. The summed E-state index contributed by atoms with van der Waals surface area (Å²) < 4.78 is 25.1. The SMILES string of the molecule is CCC/C=C(\C)COC(=O)OCC[PH](=O)OC. The molecule has 0 N–H and O–H groups in total. The maximum absolute atomic E-state index is 11.1. The normalized spacial score (nSPS) is 13.2. The number of carbonyl (C=O) groups is 1. The highest BCUT2D eigenvalue weighted by Crippen LogP contribution is 2.18. The first-order valence-electron chi connectivity index (χ1n) is 5.62. The molecule has 1 unspecified atom stereocenters. The highest BCUT2D eigenvalue weighted by atomic mass is 31.1. The minimum absolute atomic E-state index is 0.0577. The number of carbonyl (C=O) groups excluding carboxylic acids is 1. The van der Waals surface area contributed by atoms with Crippen LogP contribution in [0.25, 0.3) is 0 Å². The Morgan fingerprint density at radius 3 is 2.65 bits per heavy atom. The molecule has 6 heteroatoms.